The molecule has 15 heavy (non-hydrogen) atoms. The average Bonchev–Trinajstić information content (AvgIpc) is 2.23. The minimum atomic E-state index is -0.294. The lowest BCUT2D eigenvalue weighted by Crippen LogP contribution is -2.08. The summed E-state index contributed by atoms with van der Waals surface area (Å²) in [4.78, 5) is 0. The molecule has 0 N–H and O–H groups in total. The Morgan fingerprint density at radius 3 is 2.80 bits per heavy atom. The van der Waals surface area contributed by atoms with E-state index in [1.807, 2.05) is 6.92 Å². The molecule has 0 saturated carbocycles. The molecule has 4 heteroatoms. The first-order chi connectivity index (χ1) is 7.24. The van der Waals surface area contributed by atoms with Gasteiger partial charge in [-0.25, -0.2) is 4.39 Å². The second-order valence-electron chi connectivity index (χ2n) is 3.06. The van der Waals surface area contributed by atoms with Crippen LogP contribution in [0.1, 0.15) is 5.56 Å². The van der Waals surface area contributed by atoms with Crippen LogP contribution >= 0.6 is 11.6 Å². The van der Waals surface area contributed by atoms with Crippen LogP contribution < -0.4 is 4.74 Å². The summed E-state index contributed by atoms with van der Waals surface area (Å²) in [6.07, 6.45) is 0. The molecule has 0 heterocycles. The van der Waals surface area contributed by atoms with Crippen molar-refractivity contribution in [2.75, 3.05) is 25.7 Å². The second kappa shape index (κ2) is 6.64. The maximum Gasteiger partial charge on any atom is 0.126 e. The van der Waals surface area contributed by atoms with Crippen LogP contribution in [0.25, 0.3) is 0 Å². The van der Waals surface area contributed by atoms with Crippen molar-refractivity contribution in [3.8, 4) is 5.75 Å². The molecule has 2 nitrogen and oxygen atoms in total. The first-order valence-corrected chi connectivity index (χ1v) is 5.30. The molecule has 0 aromatic heterocycles. The summed E-state index contributed by atoms with van der Waals surface area (Å²) >= 11 is 5.43. The van der Waals surface area contributed by atoms with Crippen molar-refractivity contribution in [1.29, 1.82) is 0 Å². The largest absolute Gasteiger partial charge is 0.491 e. The fraction of sp³-hybridized carbons (Fsp3) is 0.455. The number of aryl methyl sites for hydroxylation is 1. The summed E-state index contributed by atoms with van der Waals surface area (Å²) in [5, 5.41) is 0. The molecule has 0 atom stereocenters. The van der Waals surface area contributed by atoms with Gasteiger partial charge in [0.1, 0.15) is 18.2 Å². The van der Waals surface area contributed by atoms with Crippen LogP contribution in [-0.4, -0.2) is 25.7 Å². The Kier molecular flexibility index (Phi) is 5.43. The van der Waals surface area contributed by atoms with E-state index in [0.717, 1.165) is 5.56 Å². The van der Waals surface area contributed by atoms with Crippen molar-refractivity contribution in [2.45, 2.75) is 6.92 Å². The standard InChI is InChI=1S/C11H14ClFO2/c1-9-2-3-10(13)8-11(9)15-7-6-14-5-4-12/h2-3,8H,4-7H2,1H3. The monoisotopic (exact) mass is 232 g/mol. The van der Waals surface area contributed by atoms with Crippen LogP contribution in [0.3, 0.4) is 0 Å². The molecule has 0 spiro atoms. The maximum absolute atomic E-state index is 12.8. The van der Waals surface area contributed by atoms with Crippen molar-refractivity contribution in [2.24, 2.45) is 0 Å². The first kappa shape index (κ1) is 12.3. The summed E-state index contributed by atoms with van der Waals surface area (Å²) in [6.45, 7) is 3.24. The molecule has 0 saturated heterocycles. The molecule has 0 aliphatic heterocycles. The highest BCUT2D eigenvalue weighted by molar-refractivity contribution is 6.17. The van der Waals surface area contributed by atoms with E-state index in [1.54, 1.807) is 6.07 Å². The average molecular weight is 233 g/mol. The van der Waals surface area contributed by atoms with Gasteiger partial charge in [0.25, 0.3) is 0 Å². The Balaban J connectivity index is 2.33. The van der Waals surface area contributed by atoms with E-state index in [9.17, 15) is 4.39 Å². The molecular weight excluding hydrogens is 219 g/mol. The minimum absolute atomic E-state index is 0.294. The van der Waals surface area contributed by atoms with Gasteiger partial charge < -0.3 is 9.47 Å². The van der Waals surface area contributed by atoms with Crippen LogP contribution in [-0.2, 0) is 4.74 Å². The second-order valence-corrected chi connectivity index (χ2v) is 3.44. The zero-order valence-electron chi connectivity index (χ0n) is 8.63. The number of alkyl halides is 1. The van der Waals surface area contributed by atoms with Gasteiger partial charge in [0.2, 0.25) is 0 Å². The first-order valence-electron chi connectivity index (χ1n) is 4.76. The van der Waals surface area contributed by atoms with E-state index in [0.29, 0.717) is 31.5 Å². The summed E-state index contributed by atoms with van der Waals surface area (Å²) < 4.78 is 23.3. The van der Waals surface area contributed by atoms with Crippen LogP contribution in [0.2, 0.25) is 0 Å². The molecule has 0 fully saturated rings. The Hall–Kier alpha value is -0.800. The Labute approximate surface area is 94.0 Å². The summed E-state index contributed by atoms with van der Waals surface area (Å²) in [7, 11) is 0. The summed E-state index contributed by atoms with van der Waals surface area (Å²) in [5.74, 6) is 0.737. The van der Waals surface area contributed by atoms with Gasteiger partial charge in [0.05, 0.1) is 13.2 Å². The van der Waals surface area contributed by atoms with Gasteiger partial charge in [-0.1, -0.05) is 6.07 Å². The van der Waals surface area contributed by atoms with Gasteiger partial charge in [-0.05, 0) is 18.6 Å². The fourth-order valence-corrected chi connectivity index (χ4v) is 1.21. The van der Waals surface area contributed by atoms with Gasteiger partial charge in [0, 0.05) is 11.9 Å². The van der Waals surface area contributed by atoms with E-state index in [1.165, 1.54) is 12.1 Å². The van der Waals surface area contributed by atoms with Crippen LogP contribution in [0.5, 0.6) is 5.75 Å². The molecule has 1 rings (SSSR count). The highest BCUT2D eigenvalue weighted by atomic mass is 35.5. The topological polar surface area (TPSA) is 18.5 Å². The lowest BCUT2D eigenvalue weighted by molar-refractivity contribution is 0.111. The van der Waals surface area contributed by atoms with Crippen molar-refractivity contribution >= 4 is 11.6 Å². The molecule has 0 bridgehead atoms. The lowest BCUT2D eigenvalue weighted by atomic mass is 10.2. The molecule has 84 valence electrons. The quantitative estimate of drug-likeness (QED) is 0.555. The Bertz CT molecular complexity index is 305. The lowest BCUT2D eigenvalue weighted by Gasteiger charge is -2.08. The van der Waals surface area contributed by atoms with E-state index in [-0.39, 0.29) is 5.82 Å². The molecule has 0 aliphatic rings. The smallest absolute Gasteiger partial charge is 0.126 e. The van der Waals surface area contributed by atoms with E-state index in [4.69, 9.17) is 21.1 Å². The predicted molar refractivity (Wildman–Crippen MR) is 58.2 cm³/mol. The highest BCUT2D eigenvalue weighted by Crippen LogP contribution is 2.18. The van der Waals surface area contributed by atoms with Crippen molar-refractivity contribution < 1.29 is 13.9 Å². The molecule has 0 amide bonds. The van der Waals surface area contributed by atoms with Crippen LogP contribution in [0.4, 0.5) is 4.39 Å². The highest BCUT2D eigenvalue weighted by Gasteiger charge is 2.00. The van der Waals surface area contributed by atoms with Gasteiger partial charge in [0.15, 0.2) is 0 Å². The fourth-order valence-electron chi connectivity index (χ4n) is 1.10. The zero-order valence-corrected chi connectivity index (χ0v) is 9.39. The summed E-state index contributed by atoms with van der Waals surface area (Å²) in [6, 6.07) is 4.47. The molecule has 1 aromatic carbocycles. The number of ether oxygens (including phenoxy) is 2. The number of benzene rings is 1. The number of halogens is 2. The molecule has 0 aliphatic carbocycles. The normalized spacial score (nSPS) is 10.3. The van der Waals surface area contributed by atoms with Gasteiger partial charge in [-0.15, -0.1) is 11.6 Å². The summed E-state index contributed by atoms with van der Waals surface area (Å²) in [5.41, 5.74) is 0.911. The van der Waals surface area contributed by atoms with Gasteiger partial charge in [-0.3, -0.25) is 0 Å². The Morgan fingerprint density at radius 2 is 2.07 bits per heavy atom. The van der Waals surface area contributed by atoms with E-state index >= 15 is 0 Å². The molecular formula is C11H14ClFO2. The van der Waals surface area contributed by atoms with Crippen molar-refractivity contribution in [3.63, 3.8) is 0 Å². The van der Waals surface area contributed by atoms with Gasteiger partial charge >= 0.3 is 0 Å². The SMILES string of the molecule is Cc1ccc(F)cc1OCCOCCCl. The molecule has 0 radical (unpaired) electrons. The molecule has 1 aromatic rings. The van der Waals surface area contributed by atoms with Crippen LogP contribution in [0, 0.1) is 12.7 Å². The number of hydrogen-bond donors (Lipinski definition) is 0. The Morgan fingerprint density at radius 1 is 1.27 bits per heavy atom. The van der Waals surface area contributed by atoms with Crippen molar-refractivity contribution in [1.82, 2.24) is 0 Å². The third kappa shape index (κ3) is 4.49. The van der Waals surface area contributed by atoms with E-state index < -0.39 is 0 Å². The van der Waals surface area contributed by atoms with Crippen LogP contribution in [0.15, 0.2) is 18.2 Å². The third-order valence-corrected chi connectivity index (χ3v) is 2.01. The maximum atomic E-state index is 12.8. The molecule has 0 unspecified atom stereocenters. The third-order valence-electron chi connectivity index (χ3n) is 1.86. The van der Waals surface area contributed by atoms with E-state index in [2.05, 4.69) is 0 Å². The zero-order chi connectivity index (χ0) is 11.1. The predicted octanol–water partition coefficient (Wildman–Crippen LogP) is 2.77. The number of hydrogen-bond acceptors (Lipinski definition) is 2. The van der Waals surface area contributed by atoms with Gasteiger partial charge in [-0.2, -0.15) is 0 Å². The van der Waals surface area contributed by atoms with Crippen molar-refractivity contribution in [3.05, 3.63) is 29.6 Å². The number of rotatable bonds is 6. The minimum Gasteiger partial charge on any atom is -0.491 e.